The Morgan fingerprint density at radius 3 is 2.62 bits per heavy atom. The Balaban J connectivity index is 1.51. The van der Waals surface area contributed by atoms with Crippen LogP contribution in [0, 0.1) is 5.92 Å². The van der Waals surface area contributed by atoms with Gasteiger partial charge in [-0.05, 0) is 24.8 Å². The summed E-state index contributed by atoms with van der Waals surface area (Å²) < 4.78 is 1.49. The summed E-state index contributed by atoms with van der Waals surface area (Å²) in [6.07, 6.45) is 4.22. The SMILES string of the molecule is CCCn1ncc(N2CCC(C(=O)NCc3ccccc3)CC2)cc1=O. The number of piperidine rings is 1. The number of hydrogen-bond donors (Lipinski definition) is 1. The van der Waals surface area contributed by atoms with Crippen molar-refractivity contribution >= 4 is 11.6 Å². The lowest BCUT2D eigenvalue weighted by atomic mass is 9.95. The molecular weight excluding hydrogens is 328 g/mol. The van der Waals surface area contributed by atoms with E-state index in [9.17, 15) is 9.59 Å². The summed E-state index contributed by atoms with van der Waals surface area (Å²) in [4.78, 5) is 26.6. The smallest absolute Gasteiger partial charge is 0.268 e. The van der Waals surface area contributed by atoms with Crippen molar-refractivity contribution in [2.45, 2.75) is 39.3 Å². The van der Waals surface area contributed by atoms with Gasteiger partial charge in [0.15, 0.2) is 0 Å². The van der Waals surface area contributed by atoms with Crippen LogP contribution in [0.15, 0.2) is 47.4 Å². The minimum Gasteiger partial charge on any atom is -0.370 e. The summed E-state index contributed by atoms with van der Waals surface area (Å²) in [6.45, 7) is 4.77. The molecule has 1 saturated heterocycles. The van der Waals surface area contributed by atoms with E-state index < -0.39 is 0 Å². The Morgan fingerprint density at radius 2 is 1.96 bits per heavy atom. The zero-order chi connectivity index (χ0) is 18.4. The third-order valence-corrected chi connectivity index (χ3v) is 4.83. The second-order valence-electron chi connectivity index (χ2n) is 6.74. The van der Waals surface area contributed by atoms with Crippen molar-refractivity contribution in [1.29, 1.82) is 0 Å². The Hall–Kier alpha value is -2.63. The van der Waals surface area contributed by atoms with Gasteiger partial charge in [-0.3, -0.25) is 9.59 Å². The van der Waals surface area contributed by atoms with E-state index in [1.54, 1.807) is 12.3 Å². The molecule has 0 atom stereocenters. The van der Waals surface area contributed by atoms with Gasteiger partial charge in [0, 0.05) is 38.2 Å². The summed E-state index contributed by atoms with van der Waals surface area (Å²) in [5.74, 6) is 0.147. The van der Waals surface area contributed by atoms with Gasteiger partial charge in [-0.25, -0.2) is 4.68 Å². The van der Waals surface area contributed by atoms with Crippen LogP contribution in [0.4, 0.5) is 5.69 Å². The minimum absolute atomic E-state index is 0.0309. The van der Waals surface area contributed by atoms with Crippen LogP contribution in [0.1, 0.15) is 31.7 Å². The molecule has 0 radical (unpaired) electrons. The number of aromatic nitrogens is 2. The minimum atomic E-state index is -0.0629. The molecule has 0 spiro atoms. The van der Waals surface area contributed by atoms with Crippen LogP contribution < -0.4 is 15.8 Å². The molecule has 26 heavy (non-hydrogen) atoms. The number of amides is 1. The molecule has 0 saturated carbocycles. The monoisotopic (exact) mass is 354 g/mol. The summed E-state index contributed by atoms with van der Waals surface area (Å²) in [5.41, 5.74) is 1.90. The van der Waals surface area contributed by atoms with Crippen molar-refractivity contribution in [2.24, 2.45) is 5.92 Å². The van der Waals surface area contributed by atoms with Crippen molar-refractivity contribution in [1.82, 2.24) is 15.1 Å². The first kappa shape index (κ1) is 18.2. The van der Waals surface area contributed by atoms with Gasteiger partial charge >= 0.3 is 0 Å². The molecule has 1 aliphatic heterocycles. The largest absolute Gasteiger partial charge is 0.370 e. The quantitative estimate of drug-likeness (QED) is 0.863. The number of carbonyl (C=O) groups excluding carboxylic acids is 1. The van der Waals surface area contributed by atoms with Crippen molar-refractivity contribution in [3.8, 4) is 0 Å². The van der Waals surface area contributed by atoms with Crippen LogP contribution in [0.3, 0.4) is 0 Å². The van der Waals surface area contributed by atoms with Crippen molar-refractivity contribution in [3.05, 3.63) is 58.5 Å². The first-order valence-corrected chi connectivity index (χ1v) is 9.31. The van der Waals surface area contributed by atoms with E-state index >= 15 is 0 Å². The number of nitrogens with zero attached hydrogens (tertiary/aromatic N) is 3. The molecule has 138 valence electrons. The van der Waals surface area contributed by atoms with Crippen LogP contribution in [0.25, 0.3) is 0 Å². The van der Waals surface area contributed by atoms with E-state index in [-0.39, 0.29) is 17.4 Å². The highest BCUT2D eigenvalue weighted by Gasteiger charge is 2.25. The predicted octanol–water partition coefficient (Wildman–Crippen LogP) is 2.19. The molecule has 1 aliphatic rings. The lowest BCUT2D eigenvalue weighted by Crippen LogP contribution is -2.41. The molecule has 0 unspecified atom stereocenters. The molecule has 2 aromatic rings. The highest BCUT2D eigenvalue weighted by molar-refractivity contribution is 5.79. The maximum absolute atomic E-state index is 12.4. The average Bonchev–Trinajstić information content (AvgIpc) is 2.69. The topological polar surface area (TPSA) is 67.2 Å². The summed E-state index contributed by atoms with van der Waals surface area (Å²) in [5, 5.41) is 7.27. The standard InChI is InChI=1S/C20H26N4O2/c1-2-10-24-19(25)13-18(15-22-24)23-11-8-17(9-12-23)20(26)21-14-16-6-4-3-5-7-16/h3-7,13,15,17H,2,8-12,14H2,1H3,(H,21,26). The number of anilines is 1. The van der Waals surface area contributed by atoms with E-state index in [1.807, 2.05) is 37.3 Å². The first-order chi connectivity index (χ1) is 12.7. The van der Waals surface area contributed by atoms with E-state index in [4.69, 9.17) is 0 Å². The Kier molecular flexibility index (Phi) is 6.04. The normalized spacial score (nSPS) is 15.0. The van der Waals surface area contributed by atoms with Crippen molar-refractivity contribution in [2.75, 3.05) is 18.0 Å². The molecule has 1 amide bonds. The van der Waals surface area contributed by atoms with Gasteiger partial charge in [0.05, 0.1) is 11.9 Å². The molecule has 3 rings (SSSR count). The van der Waals surface area contributed by atoms with E-state index in [2.05, 4.69) is 15.3 Å². The number of carbonyl (C=O) groups is 1. The van der Waals surface area contributed by atoms with E-state index in [1.165, 1.54) is 4.68 Å². The number of benzene rings is 1. The van der Waals surface area contributed by atoms with Gasteiger partial charge in [-0.1, -0.05) is 37.3 Å². The zero-order valence-corrected chi connectivity index (χ0v) is 15.2. The van der Waals surface area contributed by atoms with Gasteiger partial charge in [0.1, 0.15) is 0 Å². The van der Waals surface area contributed by atoms with Crippen LogP contribution in [0.5, 0.6) is 0 Å². The molecule has 1 N–H and O–H groups in total. The Bertz CT molecular complexity index is 780. The highest BCUT2D eigenvalue weighted by atomic mass is 16.2. The third-order valence-electron chi connectivity index (χ3n) is 4.83. The fourth-order valence-electron chi connectivity index (χ4n) is 3.31. The maximum atomic E-state index is 12.4. The molecular formula is C20H26N4O2. The summed E-state index contributed by atoms with van der Waals surface area (Å²) in [6, 6.07) is 11.6. The lowest BCUT2D eigenvalue weighted by Gasteiger charge is -2.32. The number of hydrogen-bond acceptors (Lipinski definition) is 4. The van der Waals surface area contributed by atoms with E-state index in [0.717, 1.165) is 43.6 Å². The molecule has 2 heterocycles. The fraction of sp³-hybridized carbons (Fsp3) is 0.450. The fourth-order valence-corrected chi connectivity index (χ4v) is 3.31. The summed E-state index contributed by atoms with van der Waals surface area (Å²) >= 11 is 0. The molecule has 1 fully saturated rings. The van der Waals surface area contributed by atoms with Crippen LogP contribution in [0.2, 0.25) is 0 Å². The van der Waals surface area contributed by atoms with Crippen LogP contribution in [-0.4, -0.2) is 28.8 Å². The van der Waals surface area contributed by atoms with Gasteiger partial charge < -0.3 is 10.2 Å². The van der Waals surface area contributed by atoms with Gasteiger partial charge in [-0.2, -0.15) is 5.10 Å². The van der Waals surface area contributed by atoms with Crippen molar-refractivity contribution in [3.63, 3.8) is 0 Å². The summed E-state index contributed by atoms with van der Waals surface area (Å²) in [7, 11) is 0. The van der Waals surface area contributed by atoms with Crippen LogP contribution in [-0.2, 0) is 17.9 Å². The highest BCUT2D eigenvalue weighted by Crippen LogP contribution is 2.22. The molecule has 0 bridgehead atoms. The lowest BCUT2D eigenvalue weighted by molar-refractivity contribution is -0.125. The second-order valence-corrected chi connectivity index (χ2v) is 6.74. The van der Waals surface area contributed by atoms with Gasteiger partial charge in [0.25, 0.3) is 5.56 Å². The van der Waals surface area contributed by atoms with Gasteiger partial charge in [0.2, 0.25) is 5.91 Å². The van der Waals surface area contributed by atoms with Gasteiger partial charge in [-0.15, -0.1) is 0 Å². The second kappa shape index (κ2) is 8.65. The van der Waals surface area contributed by atoms with Crippen LogP contribution >= 0.6 is 0 Å². The molecule has 0 aliphatic carbocycles. The van der Waals surface area contributed by atoms with Crippen molar-refractivity contribution < 1.29 is 4.79 Å². The Morgan fingerprint density at radius 1 is 1.23 bits per heavy atom. The maximum Gasteiger partial charge on any atom is 0.268 e. The third kappa shape index (κ3) is 4.50. The number of nitrogens with one attached hydrogen (secondary N) is 1. The Labute approximate surface area is 153 Å². The zero-order valence-electron chi connectivity index (χ0n) is 15.2. The first-order valence-electron chi connectivity index (χ1n) is 9.31. The molecule has 6 heteroatoms. The average molecular weight is 354 g/mol. The molecule has 1 aromatic carbocycles. The predicted molar refractivity (Wildman–Crippen MR) is 102 cm³/mol. The number of rotatable bonds is 6. The molecule has 1 aromatic heterocycles. The van der Waals surface area contributed by atoms with E-state index in [0.29, 0.717) is 13.1 Å². The number of aryl methyl sites for hydroxylation is 1. The molecule has 6 nitrogen and oxygen atoms in total.